The number of hydrogen-bond acceptors (Lipinski definition) is 3. The molecule has 4 nitrogen and oxygen atoms in total. The van der Waals surface area contributed by atoms with Crippen molar-refractivity contribution in [3.05, 3.63) is 59.2 Å². The smallest absolute Gasteiger partial charge is 0.339 e. The molecule has 0 aliphatic heterocycles. The average molecular weight is 270 g/mol. The van der Waals surface area contributed by atoms with Gasteiger partial charge in [-0.25, -0.2) is 14.8 Å². The third kappa shape index (κ3) is 3.63. The van der Waals surface area contributed by atoms with Crippen LogP contribution < -0.4 is 0 Å². The Hall–Kier alpha value is -2.23. The van der Waals surface area contributed by atoms with Gasteiger partial charge in [0.15, 0.2) is 0 Å². The molecule has 1 N–H and O–H groups in total. The minimum Gasteiger partial charge on any atom is -0.478 e. The molecule has 2 rings (SSSR count). The molecule has 0 saturated heterocycles. The number of aromatic nitrogens is 2. The van der Waals surface area contributed by atoms with Gasteiger partial charge in [0.05, 0.1) is 11.3 Å². The van der Waals surface area contributed by atoms with Crippen molar-refractivity contribution in [1.82, 2.24) is 9.97 Å². The molecule has 104 valence electrons. The lowest BCUT2D eigenvalue weighted by Crippen LogP contribution is -2.09. The van der Waals surface area contributed by atoms with Gasteiger partial charge < -0.3 is 5.11 Å². The first kappa shape index (κ1) is 14.2. The lowest BCUT2D eigenvalue weighted by atomic mass is 10.1. The standard InChI is InChI=1S/C16H18N2O2/c1-2-6-14-13(16(19)20)11-17-15(18-14)10-9-12-7-4-3-5-8-12/h3-5,7-8,11H,2,6,9-10H2,1H3,(H,19,20). The molecule has 0 aliphatic carbocycles. The van der Waals surface area contributed by atoms with Gasteiger partial charge in [0.2, 0.25) is 0 Å². The number of benzene rings is 1. The zero-order valence-electron chi connectivity index (χ0n) is 11.5. The van der Waals surface area contributed by atoms with Gasteiger partial charge in [-0.2, -0.15) is 0 Å². The first-order valence-electron chi connectivity index (χ1n) is 6.82. The maximum absolute atomic E-state index is 11.1. The van der Waals surface area contributed by atoms with Crippen molar-refractivity contribution in [2.24, 2.45) is 0 Å². The fourth-order valence-electron chi connectivity index (χ4n) is 2.09. The monoisotopic (exact) mass is 270 g/mol. The molecule has 20 heavy (non-hydrogen) atoms. The molecule has 1 aromatic carbocycles. The van der Waals surface area contributed by atoms with Crippen molar-refractivity contribution in [2.45, 2.75) is 32.6 Å². The largest absolute Gasteiger partial charge is 0.478 e. The number of nitrogens with zero attached hydrogens (tertiary/aromatic N) is 2. The van der Waals surface area contributed by atoms with Crippen LogP contribution in [0.15, 0.2) is 36.5 Å². The molecule has 1 aromatic heterocycles. The van der Waals surface area contributed by atoms with Crippen molar-refractivity contribution in [3.8, 4) is 0 Å². The van der Waals surface area contributed by atoms with Crippen LogP contribution in [0.25, 0.3) is 0 Å². The number of aryl methyl sites for hydroxylation is 3. The summed E-state index contributed by atoms with van der Waals surface area (Å²) >= 11 is 0. The number of carboxylic acids is 1. The minimum atomic E-state index is -0.956. The van der Waals surface area contributed by atoms with Gasteiger partial charge in [-0.15, -0.1) is 0 Å². The van der Waals surface area contributed by atoms with E-state index in [0.717, 1.165) is 19.3 Å². The predicted molar refractivity (Wildman–Crippen MR) is 76.8 cm³/mol. The highest BCUT2D eigenvalue weighted by molar-refractivity contribution is 5.88. The van der Waals surface area contributed by atoms with Crippen LogP contribution in [-0.4, -0.2) is 21.0 Å². The number of aromatic carboxylic acids is 1. The summed E-state index contributed by atoms with van der Waals surface area (Å²) < 4.78 is 0. The summed E-state index contributed by atoms with van der Waals surface area (Å²) in [5.74, 6) is -0.245. The van der Waals surface area contributed by atoms with E-state index in [1.54, 1.807) is 0 Å². The SMILES string of the molecule is CCCc1nc(CCc2ccccc2)ncc1C(=O)O. The zero-order valence-corrected chi connectivity index (χ0v) is 11.5. The number of rotatable bonds is 6. The summed E-state index contributed by atoms with van der Waals surface area (Å²) in [6.07, 6.45) is 4.55. The maximum atomic E-state index is 11.1. The quantitative estimate of drug-likeness (QED) is 0.876. The summed E-state index contributed by atoms with van der Waals surface area (Å²) in [6.45, 7) is 2.01. The lowest BCUT2D eigenvalue weighted by Gasteiger charge is -2.06. The molecule has 0 atom stereocenters. The molecule has 2 aromatic rings. The topological polar surface area (TPSA) is 63.1 Å². The predicted octanol–water partition coefficient (Wildman–Crippen LogP) is 2.91. The van der Waals surface area contributed by atoms with Gasteiger partial charge in [-0.1, -0.05) is 43.7 Å². The van der Waals surface area contributed by atoms with Crippen LogP contribution in [0.3, 0.4) is 0 Å². The average Bonchev–Trinajstić information content (AvgIpc) is 2.46. The Morgan fingerprint density at radius 2 is 1.90 bits per heavy atom. The van der Waals surface area contributed by atoms with E-state index in [0.29, 0.717) is 17.9 Å². The molecule has 1 heterocycles. The molecular weight excluding hydrogens is 252 g/mol. The Bertz CT molecular complexity index is 582. The van der Waals surface area contributed by atoms with E-state index in [4.69, 9.17) is 5.11 Å². The van der Waals surface area contributed by atoms with E-state index < -0.39 is 5.97 Å². The van der Waals surface area contributed by atoms with Gasteiger partial charge in [0.1, 0.15) is 5.82 Å². The Morgan fingerprint density at radius 1 is 1.15 bits per heavy atom. The Labute approximate surface area is 118 Å². The molecule has 0 bridgehead atoms. The van der Waals surface area contributed by atoms with Gasteiger partial charge in [0, 0.05) is 12.6 Å². The number of carboxylic acid groups (broad SMARTS) is 1. The molecule has 0 saturated carbocycles. The third-order valence-electron chi connectivity index (χ3n) is 3.11. The second kappa shape index (κ2) is 6.80. The van der Waals surface area contributed by atoms with Gasteiger partial charge in [-0.05, 0) is 18.4 Å². The van der Waals surface area contributed by atoms with Gasteiger partial charge >= 0.3 is 5.97 Å². The Kier molecular flexibility index (Phi) is 4.82. The summed E-state index contributed by atoms with van der Waals surface area (Å²) in [6, 6.07) is 10.1. The highest BCUT2D eigenvalue weighted by Gasteiger charge is 2.12. The molecule has 0 spiro atoms. The van der Waals surface area contributed by atoms with Crippen molar-refractivity contribution in [1.29, 1.82) is 0 Å². The van der Waals surface area contributed by atoms with Gasteiger partial charge in [0.25, 0.3) is 0 Å². The summed E-state index contributed by atoms with van der Waals surface area (Å²) in [4.78, 5) is 19.7. The maximum Gasteiger partial charge on any atom is 0.339 e. The zero-order chi connectivity index (χ0) is 14.4. The Balaban J connectivity index is 2.12. The number of hydrogen-bond donors (Lipinski definition) is 1. The van der Waals surface area contributed by atoms with Crippen LogP contribution in [0.1, 0.15) is 40.8 Å². The number of carbonyl (C=O) groups is 1. The first-order chi connectivity index (χ1) is 9.70. The van der Waals surface area contributed by atoms with Crippen molar-refractivity contribution in [3.63, 3.8) is 0 Å². The third-order valence-corrected chi connectivity index (χ3v) is 3.11. The van der Waals surface area contributed by atoms with Crippen LogP contribution >= 0.6 is 0 Å². The molecule has 0 unspecified atom stereocenters. The van der Waals surface area contributed by atoms with E-state index in [-0.39, 0.29) is 5.56 Å². The highest BCUT2D eigenvalue weighted by Crippen LogP contribution is 2.10. The van der Waals surface area contributed by atoms with Crippen LogP contribution in [0.2, 0.25) is 0 Å². The highest BCUT2D eigenvalue weighted by atomic mass is 16.4. The van der Waals surface area contributed by atoms with Crippen LogP contribution in [0.5, 0.6) is 0 Å². The fraction of sp³-hybridized carbons (Fsp3) is 0.312. The summed E-state index contributed by atoms with van der Waals surface area (Å²) in [5, 5.41) is 9.11. The first-order valence-corrected chi connectivity index (χ1v) is 6.82. The van der Waals surface area contributed by atoms with Crippen molar-refractivity contribution >= 4 is 5.97 Å². The van der Waals surface area contributed by atoms with E-state index in [1.165, 1.54) is 11.8 Å². The van der Waals surface area contributed by atoms with Crippen LogP contribution in [0.4, 0.5) is 0 Å². The molecule has 0 fully saturated rings. The fourth-order valence-corrected chi connectivity index (χ4v) is 2.09. The van der Waals surface area contributed by atoms with Crippen LogP contribution in [-0.2, 0) is 19.3 Å². The summed E-state index contributed by atoms with van der Waals surface area (Å²) in [5.41, 5.74) is 2.09. The minimum absolute atomic E-state index is 0.218. The van der Waals surface area contributed by atoms with E-state index >= 15 is 0 Å². The summed E-state index contributed by atoms with van der Waals surface area (Å²) in [7, 11) is 0. The van der Waals surface area contributed by atoms with E-state index in [2.05, 4.69) is 22.1 Å². The molecule has 4 heteroatoms. The molecule has 0 aliphatic rings. The second-order valence-corrected chi connectivity index (χ2v) is 4.69. The Morgan fingerprint density at radius 3 is 2.55 bits per heavy atom. The normalized spacial score (nSPS) is 10.4. The molecule has 0 radical (unpaired) electrons. The van der Waals surface area contributed by atoms with Crippen LogP contribution in [0, 0.1) is 0 Å². The lowest BCUT2D eigenvalue weighted by molar-refractivity contribution is 0.0694. The van der Waals surface area contributed by atoms with Crippen molar-refractivity contribution in [2.75, 3.05) is 0 Å². The van der Waals surface area contributed by atoms with E-state index in [9.17, 15) is 4.79 Å². The van der Waals surface area contributed by atoms with Crippen molar-refractivity contribution < 1.29 is 9.90 Å². The second-order valence-electron chi connectivity index (χ2n) is 4.69. The van der Waals surface area contributed by atoms with E-state index in [1.807, 2.05) is 25.1 Å². The molecule has 0 amide bonds. The molecular formula is C16H18N2O2. The van der Waals surface area contributed by atoms with Gasteiger partial charge in [-0.3, -0.25) is 0 Å².